The van der Waals surface area contributed by atoms with Crippen LogP contribution in [0.5, 0.6) is 11.5 Å². The molecule has 2 aromatic heterocycles. The molecule has 0 saturated heterocycles. The molecule has 0 aliphatic carbocycles. The zero-order valence-electron chi connectivity index (χ0n) is 16.2. The molecule has 0 atom stereocenters. The van der Waals surface area contributed by atoms with Gasteiger partial charge in [0.15, 0.2) is 6.61 Å². The van der Waals surface area contributed by atoms with E-state index in [0.29, 0.717) is 24.0 Å². The summed E-state index contributed by atoms with van der Waals surface area (Å²) in [5.74, 6) is 2.07. The maximum Gasteiger partial charge on any atom is 0.258 e. The van der Waals surface area contributed by atoms with Crippen LogP contribution in [-0.4, -0.2) is 29.8 Å². The first kappa shape index (κ1) is 19.7. The fourth-order valence-electron chi connectivity index (χ4n) is 2.69. The van der Waals surface area contributed by atoms with Crippen molar-refractivity contribution in [2.45, 2.75) is 6.54 Å². The number of nitrogens with zero attached hydrogens (tertiary/aromatic N) is 2. The van der Waals surface area contributed by atoms with Gasteiger partial charge in [0, 0.05) is 16.0 Å². The largest absolute Gasteiger partial charge is 0.497 e. The van der Waals surface area contributed by atoms with Crippen molar-refractivity contribution in [3.8, 4) is 34.3 Å². The Hall–Kier alpha value is -3.65. The number of rotatable bonds is 8. The van der Waals surface area contributed by atoms with E-state index in [9.17, 15) is 4.79 Å². The molecular formula is C22H19N3O4S. The number of methoxy groups -OCH3 is 1. The summed E-state index contributed by atoms with van der Waals surface area (Å²) in [6.07, 6.45) is 0. The fourth-order valence-corrected chi connectivity index (χ4v) is 3.34. The minimum Gasteiger partial charge on any atom is -0.497 e. The molecule has 1 N–H and O–H groups in total. The van der Waals surface area contributed by atoms with E-state index in [1.165, 1.54) is 0 Å². The average molecular weight is 421 g/mol. The van der Waals surface area contributed by atoms with Gasteiger partial charge in [-0.1, -0.05) is 11.2 Å². The third kappa shape index (κ3) is 4.84. The van der Waals surface area contributed by atoms with E-state index in [4.69, 9.17) is 14.0 Å². The van der Waals surface area contributed by atoms with Crippen molar-refractivity contribution in [1.82, 2.24) is 15.5 Å². The van der Waals surface area contributed by atoms with Crippen molar-refractivity contribution in [2.24, 2.45) is 0 Å². The number of amides is 1. The Morgan fingerprint density at radius 1 is 1.03 bits per heavy atom. The lowest BCUT2D eigenvalue weighted by molar-refractivity contribution is -0.123. The molecular weight excluding hydrogens is 402 g/mol. The molecule has 0 bridgehead atoms. The van der Waals surface area contributed by atoms with Gasteiger partial charge >= 0.3 is 0 Å². The lowest BCUT2D eigenvalue weighted by Gasteiger charge is -2.07. The predicted molar refractivity (Wildman–Crippen MR) is 113 cm³/mol. The monoisotopic (exact) mass is 421 g/mol. The number of benzene rings is 2. The molecule has 2 heterocycles. The molecule has 4 rings (SSSR count). The summed E-state index contributed by atoms with van der Waals surface area (Å²) >= 11 is 1.60. The zero-order valence-corrected chi connectivity index (χ0v) is 17.0. The smallest absolute Gasteiger partial charge is 0.258 e. The number of hydrogen-bond donors (Lipinski definition) is 1. The molecule has 0 aliphatic rings. The predicted octanol–water partition coefficient (Wildman–Crippen LogP) is 4.17. The second-order valence-corrected chi connectivity index (χ2v) is 7.35. The summed E-state index contributed by atoms with van der Waals surface area (Å²) in [5, 5.41) is 8.83. The van der Waals surface area contributed by atoms with Gasteiger partial charge in [0.25, 0.3) is 11.8 Å². The first-order chi connectivity index (χ1) is 14.7. The van der Waals surface area contributed by atoms with Crippen LogP contribution < -0.4 is 14.8 Å². The average Bonchev–Trinajstić information content (AvgIpc) is 3.49. The summed E-state index contributed by atoms with van der Waals surface area (Å²) in [7, 11) is 1.62. The molecule has 0 radical (unpaired) electrons. The molecule has 8 heteroatoms. The van der Waals surface area contributed by atoms with Crippen molar-refractivity contribution in [3.63, 3.8) is 0 Å². The lowest BCUT2D eigenvalue weighted by atomic mass is 10.2. The van der Waals surface area contributed by atoms with Gasteiger partial charge in [-0.15, -0.1) is 11.3 Å². The molecule has 1 amide bonds. The maximum absolute atomic E-state index is 11.9. The van der Waals surface area contributed by atoms with Crippen molar-refractivity contribution >= 4 is 17.2 Å². The van der Waals surface area contributed by atoms with Crippen molar-refractivity contribution < 1.29 is 18.8 Å². The normalized spacial score (nSPS) is 10.6. The Bertz CT molecular complexity index is 1090. The number of carbonyl (C=O) groups excluding carboxylic acids is 1. The molecule has 0 spiro atoms. The highest BCUT2D eigenvalue weighted by Gasteiger charge is 2.11. The van der Waals surface area contributed by atoms with Crippen LogP contribution in [-0.2, 0) is 11.3 Å². The number of hydrogen-bond acceptors (Lipinski definition) is 7. The highest BCUT2D eigenvalue weighted by atomic mass is 32.1. The molecule has 0 fully saturated rings. The van der Waals surface area contributed by atoms with Gasteiger partial charge in [-0.2, -0.15) is 4.98 Å². The number of ether oxygens (including phenoxy) is 2. The first-order valence-electron chi connectivity index (χ1n) is 9.22. The van der Waals surface area contributed by atoms with Crippen LogP contribution in [0.2, 0.25) is 0 Å². The minimum atomic E-state index is -0.173. The Morgan fingerprint density at radius 3 is 2.47 bits per heavy atom. The van der Waals surface area contributed by atoms with Gasteiger partial charge in [0.05, 0.1) is 13.7 Å². The Kier molecular flexibility index (Phi) is 6.05. The van der Waals surface area contributed by atoms with E-state index in [0.717, 1.165) is 21.8 Å². The summed E-state index contributed by atoms with van der Waals surface area (Å²) in [5.41, 5.74) is 1.59. The molecule has 0 aliphatic heterocycles. The van der Waals surface area contributed by atoms with Crippen molar-refractivity contribution in [2.75, 3.05) is 13.7 Å². The van der Waals surface area contributed by atoms with E-state index >= 15 is 0 Å². The van der Waals surface area contributed by atoms with E-state index in [-0.39, 0.29) is 12.5 Å². The highest BCUT2D eigenvalue weighted by molar-refractivity contribution is 7.09. The van der Waals surface area contributed by atoms with Crippen molar-refractivity contribution in [3.05, 3.63) is 70.9 Å². The highest BCUT2D eigenvalue weighted by Crippen LogP contribution is 2.25. The summed E-state index contributed by atoms with van der Waals surface area (Å²) in [4.78, 5) is 17.4. The van der Waals surface area contributed by atoms with E-state index in [1.54, 1.807) is 30.6 Å². The van der Waals surface area contributed by atoms with Crippen LogP contribution in [0.1, 0.15) is 4.88 Å². The Labute approximate surface area is 177 Å². The fraction of sp³-hybridized carbons (Fsp3) is 0.136. The quantitative estimate of drug-likeness (QED) is 0.460. The van der Waals surface area contributed by atoms with E-state index in [2.05, 4.69) is 15.5 Å². The van der Waals surface area contributed by atoms with E-state index < -0.39 is 0 Å². The summed E-state index contributed by atoms with van der Waals surface area (Å²) in [6, 6.07) is 18.5. The van der Waals surface area contributed by atoms with Gasteiger partial charge in [-0.3, -0.25) is 4.79 Å². The Balaban J connectivity index is 1.33. The summed E-state index contributed by atoms with van der Waals surface area (Å²) in [6.45, 7) is 0.458. The Morgan fingerprint density at radius 2 is 1.77 bits per heavy atom. The zero-order chi connectivity index (χ0) is 20.8. The number of carbonyl (C=O) groups is 1. The number of aromatic nitrogens is 2. The van der Waals surface area contributed by atoms with Crippen LogP contribution in [0.15, 0.2) is 70.6 Å². The molecule has 4 aromatic rings. The topological polar surface area (TPSA) is 86.5 Å². The molecule has 2 aromatic carbocycles. The first-order valence-corrected chi connectivity index (χ1v) is 10.1. The van der Waals surface area contributed by atoms with Gasteiger partial charge in [0.2, 0.25) is 5.82 Å². The van der Waals surface area contributed by atoms with E-state index in [1.807, 2.05) is 53.9 Å². The number of thiophene rings is 1. The molecule has 0 unspecified atom stereocenters. The molecule has 30 heavy (non-hydrogen) atoms. The lowest BCUT2D eigenvalue weighted by Crippen LogP contribution is -2.28. The van der Waals surface area contributed by atoms with Crippen LogP contribution >= 0.6 is 11.3 Å². The SMILES string of the molecule is COc1ccc(-c2noc(-c3ccc(OCC(=O)NCc4cccs4)cc3)n2)cc1. The van der Waals surface area contributed by atoms with Crippen LogP contribution in [0.4, 0.5) is 0 Å². The van der Waals surface area contributed by atoms with Crippen molar-refractivity contribution in [1.29, 1.82) is 0 Å². The third-order valence-electron chi connectivity index (χ3n) is 4.29. The van der Waals surface area contributed by atoms with Gasteiger partial charge in [0.1, 0.15) is 11.5 Å². The van der Waals surface area contributed by atoms with Crippen LogP contribution in [0.25, 0.3) is 22.8 Å². The second-order valence-electron chi connectivity index (χ2n) is 6.32. The molecule has 0 saturated carbocycles. The van der Waals surface area contributed by atoms with Gasteiger partial charge in [-0.25, -0.2) is 0 Å². The molecule has 7 nitrogen and oxygen atoms in total. The van der Waals surface area contributed by atoms with Crippen LogP contribution in [0, 0.1) is 0 Å². The number of nitrogens with one attached hydrogen (secondary N) is 1. The standard InChI is InChI=1S/C22H19N3O4S/c1-27-17-8-4-15(5-9-17)21-24-22(29-25-21)16-6-10-18(11-7-16)28-14-20(26)23-13-19-3-2-12-30-19/h2-12H,13-14H2,1H3,(H,23,26). The van der Waals surface area contributed by atoms with Crippen LogP contribution in [0.3, 0.4) is 0 Å². The maximum atomic E-state index is 11.9. The van der Waals surface area contributed by atoms with Gasteiger partial charge in [-0.05, 0) is 60.0 Å². The third-order valence-corrected chi connectivity index (χ3v) is 5.16. The van der Waals surface area contributed by atoms with Gasteiger partial charge < -0.3 is 19.3 Å². The molecule has 152 valence electrons. The minimum absolute atomic E-state index is 0.0487. The summed E-state index contributed by atoms with van der Waals surface area (Å²) < 4.78 is 16.1. The second kappa shape index (κ2) is 9.23.